The zero-order valence-electron chi connectivity index (χ0n) is 16.1. The normalized spacial score (nSPS) is 13.8. The minimum atomic E-state index is -0.234. The highest BCUT2D eigenvalue weighted by atomic mass is 79.9. The van der Waals surface area contributed by atoms with E-state index in [1.165, 1.54) is 47.5 Å². The Morgan fingerprint density at radius 2 is 1.90 bits per heavy atom. The number of rotatable bonds is 3. The van der Waals surface area contributed by atoms with Gasteiger partial charge in [0, 0.05) is 26.5 Å². The summed E-state index contributed by atoms with van der Waals surface area (Å²) in [6.45, 7) is 0. The average Bonchev–Trinajstić information content (AvgIpc) is 3.24. The predicted octanol–water partition coefficient (Wildman–Crippen LogP) is 6.29. The lowest BCUT2D eigenvalue weighted by Gasteiger charge is -2.04. The molecular weight excluding hydrogens is 480 g/mol. The molecule has 0 saturated carbocycles. The third-order valence-corrected chi connectivity index (χ3v) is 7.72. The van der Waals surface area contributed by atoms with E-state index < -0.39 is 0 Å². The number of halogens is 1. The van der Waals surface area contributed by atoms with Crippen molar-refractivity contribution in [1.82, 2.24) is 9.97 Å². The highest BCUT2D eigenvalue weighted by Gasteiger charge is 2.21. The molecule has 5 rings (SSSR count). The van der Waals surface area contributed by atoms with Crippen LogP contribution in [0.4, 0.5) is 10.8 Å². The molecule has 0 unspecified atom stereocenters. The van der Waals surface area contributed by atoms with Crippen LogP contribution in [0.5, 0.6) is 0 Å². The van der Waals surface area contributed by atoms with E-state index >= 15 is 0 Å². The van der Waals surface area contributed by atoms with Gasteiger partial charge in [0.05, 0.1) is 11.4 Å². The minimum absolute atomic E-state index is 0.234. The van der Waals surface area contributed by atoms with Crippen molar-refractivity contribution < 1.29 is 4.79 Å². The van der Waals surface area contributed by atoms with Crippen LogP contribution in [0.25, 0.3) is 21.5 Å². The Hall–Kier alpha value is -2.29. The number of nitrogens with two attached hydrogens (primary N) is 1. The fraction of sp³-hybridized carbons (Fsp3) is 0.227. The molecule has 0 atom stereocenters. The summed E-state index contributed by atoms with van der Waals surface area (Å²) in [6.07, 6.45) is 5.63. The van der Waals surface area contributed by atoms with Crippen molar-refractivity contribution in [2.24, 2.45) is 0 Å². The number of aryl methyl sites for hydroxylation is 2. The van der Waals surface area contributed by atoms with Crippen molar-refractivity contribution in [3.63, 3.8) is 0 Å². The van der Waals surface area contributed by atoms with Gasteiger partial charge in [-0.05, 0) is 49.4 Å². The summed E-state index contributed by atoms with van der Waals surface area (Å²) in [5.74, 6) is -0.234. The van der Waals surface area contributed by atoms with Crippen LogP contribution in [-0.2, 0) is 12.8 Å². The van der Waals surface area contributed by atoms with Gasteiger partial charge in [-0.2, -0.15) is 0 Å². The molecule has 152 valence electrons. The van der Waals surface area contributed by atoms with Crippen LogP contribution in [0.3, 0.4) is 0 Å². The first-order valence-electron chi connectivity index (χ1n) is 9.82. The zero-order valence-corrected chi connectivity index (χ0v) is 19.3. The van der Waals surface area contributed by atoms with Crippen LogP contribution in [0.15, 0.2) is 40.2 Å². The summed E-state index contributed by atoms with van der Waals surface area (Å²) in [4.78, 5) is 23.7. The number of pyridine rings is 1. The Bertz CT molecular complexity index is 1250. The summed E-state index contributed by atoms with van der Waals surface area (Å²) in [7, 11) is 0. The molecular formula is C22H19BrN4OS2. The molecule has 0 radical (unpaired) electrons. The van der Waals surface area contributed by atoms with E-state index in [1.807, 2.05) is 29.6 Å². The van der Waals surface area contributed by atoms with E-state index in [0.717, 1.165) is 44.5 Å². The molecule has 0 spiro atoms. The highest BCUT2D eigenvalue weighted by molar-refractivity contribution is 9.10. The summed E-state index contributed by atoms with van der Waals surface area (Å²) in [5.41, 5.74) is 11.1. The fourth-order valence-corrected chi connectivity index (χ4v) is 5.71. The number of hydrogen-bond donors (Lipinski definition) is 2. The number of amides is 1. The Kier molecular flexibility index (Phi) is 5.30. The van der Waals surface area contributed by atoms with Gasteiger partial charge >= 0.3 is 0 Å². The number of nitrogens with zero attached hydrogens (tertiary/aromatic N) is 2. The number of hydrogen-bond acceptors (Lipinski definition) is 6. The Labute approximate surface area is 190 Å². The van der Waals surface area contributed by atoms with E-state index in [4.69, 9.17) is 10.7 Å². The molecule has 3 heterocycles. The van der Waals surface area contributed by atoms with Crippen LogP contribution >= 0.6 is 38.6 Å². The van der Waals surface area contributed by atoms with Gasteiger partial charge in [-0.25, -0.2) is 9.97 Å². The van der Waals surface area contributed by atoms with Gasteiger partial charge < -0.3 is 5.73 Å². The monoisotopic (exact) mass is 498 g/mol. The molecule has 3 N–H and O–H groups in total. The molecule has 0 fully saturated rings. The van der Waals surface area contributed by atoms with E-state index in [1.54, 1.807) is 0 Å². The van der Waals surface area contributed by atoms with Crippen molar-refractivity contribution >= 4 is 65.5 Å². The predicted molar refractivity (Wildman–Crippen MR) is 128 cm³/mol. The average molecular weight is 499 g/mol. The van der Waals surface area contributed by atoms with E-state index in [2.05, 4.69) is 32.3 Å². The topological polar surface area (TPSA) is 80.9 Å². The largest absolute Gasteiger partial charge is 0.397 e. The maximum absolute atomic E-state index is 12.9. The van der Waals surface area contributed by atoms with Crippen molar-refractivity contribution in [2.45, 2.75) is 32.1 Å². The van der Waals surface area contributed by atoms with Gasteiger partial charge in [0.1, 0.15) is 9.71 Å². The molecule has 4 aromatic rings. The lowest BCUT2D eigenvalue weighted by atomic mass is 10.1. The van der Waals surface area contributed by atoms with E-state index in [-0.39, 0.29) is 5.91 Å². The summed E-state index contributed by atoms with van der Waals surface area (Å²) < 4.78 is 1.01. The first-order chi connectivity index (χ1) is 14.6. The molecule has 1 aliphatic rings. The molecule has 3 aromatic heterocycles. The first-order valence-corrected chi connectivity index (χ1v) is 12.3. The molecule has 0 saturated heterocycles. The Morgan fingerprint density at radius 1 is 1.10 bits per heavy atom. The second-order valence-corrected chi connectivity index (χ2v) is 10.1. The lowest BCUT2D eigenvalue weighted by molar-refractivity contribution is 0.103. The van der Waals surface area contributed by atoms with Crippen LogP contribution in [0.1, 0.15) is 40.2 Å². The third kappa shape index (κ3) is 3.75. The molecule has 1 aliphatic carbocycles. The van der Waals surface area contributed by atoms with Gasteiger partial charge in [-0.3, -0.25) is 10.1 Å². The number of thiazole rings is 1. The highest BCUT2D eigenvalue weighted by Crippen LogP contribution is 2.36. The molecule has 1 aromatic carbocycles. The second kappa shape index (κ2) is 8.09. The summed E-state index contributed by atoms with van der Waals surface area (Å²) in [6, 6.07) is 10.1. The first kappa shape index (κ1) is 19.7. The molecule has 8 heteroatoms. The molecule has 0 bridgehead atoms. The molecule has 0 aliphatic heterocycles. The SMILES string of the molecule is Nc1c(C(=O)Nc2nc(-c3ccc(Br)cc3)cs2)sc2nc3c(cc12)CCCCC3. The Balaban J connectivity index is 1.41. The van der Waals surface area contributed by atoms with Crippen molar-refractivity contribution in [3.8, 4) is 11.3 Å². The summed E-state index contributed by atoms with van der Waals surface area (Å²) in [5, 5.41) is 6.28. The Morgan fingerprint density at radius 3 is 2.73 bits per heavy atom. The molecule has 1 amide bonds. The number of nitrogens with one attached hydrogen (secondary N) is 1. The van der Waals surface area contributed by atoms with Crippen LogP contribution < -0.4 is 11.1 Å². The number of carbonyl (C=O) groups excluding carboxylic acids is 1. The van der Waals surface area contributed by atoms with Crippen molar-refractivity contribution in [2.75, 3.05) is 11.1 Å². The number of benzene rings is 1. The van der Waals surface area contributed by atoms with Crippen molar-refractivity contribution in [1.29, 1.82) is 0 Å². The van der Waals surface area contributed by atoms with Crippen LogP contribution in [0, 0.1) is 0 Å². The number of nitrogen functional groups attached to an aromatic ring is 1. The number of anilines is 2. The third-order valence-electron chi connectivity index (χ3n) is 5.32. The van der Waals surface area contributed by atoms with E-state index in [9.17, 15) is 4.79 Å². The molecule has 30 heavy (non-hydrogen) atoms. The second-order valence-electron chi connectivity index (χ2n) is 7.35. The van der Waals surface area contributed by atoms with Crippen LogP contribution in [-0.4, -0.2) is 15.9 Å². The number of carbonyl (C=O) groups is 1. The standard InChI is InChI=1S/C22H19BrN4OS2/c23-14-8-6-12(7-9-14)17-11-29-22(26-17)27-20(28)19-18(24)15-10-13-4-2-1-3-5-16(13)25-21(15)30-19/h6-11H,1-5,24H2,(H,26,27,28). The summed E-state index contributed by atoms with van der Waals surface area (Å²) >= 11 is 6.20. The smallest absolute Gasteiger partial charge is 0.269 e. The lowest BCUT2D eigenvalue weighted by Crippen LogP contribution is -2.11. The maximum Gasteiger partial charge on any atom is 0.269 e. The fourth-order valence-electron chi connectivity index (χ4n) is 3.74. The van der Waals surface area contributed by atoms with Gasteiger partial charge in [0.2, 0.25) is 0 Å². The van der Waals surface area contributed by atoms with Gasteiger partial charge in [-0.1, -0.05) is 34.5 Å². The van der Waals surface area contributed by atoms with E-state index in [0.29, 0.717) is 15.7 Å². The minimum Gasteiger partial charge on any atom is -0.397 e. The number of fused-ring (bicyclic) bond motifs is 2. The number of thiophene rings is 1. The van der Waals surface area contributed by atoms with Crippen molar-refractivity contribution in [3.05, 3.63) is 56.3 Å². The zero-order chi connectivity index (χ0) is 20.7. The van der Waals surface area contributed by atoms with Gasteiger partial charge in [0.15, 0.2) is 5.13 Å². The van der Waals surface area contributed by atoms with Crippen LogP contribution in [0.2, 0.25) is 0 Å². The number of aromatic nitrogens is 2. The maximum atomic E-state index is 12.9. The molecule has 5 nitrogen and oxygen atoms in total. The quantitative estimate of drug-likeness (QED) is 0.325. The van der Waals surface area contributed by atoms with Gasteiger partial charge in [-0.15, -0.1) is 22.7 Å². The van der Waals surface area contributed by atoms with Gasteiger partial charge in [0.25, 0.3) is 5.91 Å².